The fourth-order valence-corrected chi connectivity index (χ4v) is 1.61. The van der Waals surface area contributed by atoms with E-state index < -0.39 is 0 Å². The highest BCUT2D eigenvalue weighted by Crippen LogP contribution is 2.25. The van der Waals surface area contributed by atoms with Crippen LogP contribution in [-0.2, 0) is 12.0 Å². The number of nitrogens with zero attached hydrogens (tertiary/aromatic N) is 2. The van der Waals surface area contributed by atoms with Crippen molar-refractivity contribution in [2.24, 2.45) is 0 Å². The molecule has 0 atom stereocenters. The lowest BCUT2D eigenvalue weighted by Gasteiger charge is -2.17. The van der Waals surface area contributed by atoms with Crippen LogP contribution in [0.1, 0.15) is 32.2 Å². The zero-order valence-corrected chi connectivity index (χ0v) is 11.9. The third-order valence-corrected chi connectivity index (χ3v) is 2.72. The zero-order valence-electron chi connectivity index (χ0n) is 11.9. The van der Waals surface area contributed by atoms with Crippen molar-refractivity contribution in [1.29, 1.82) is 0 Å². The van der Waals surface area contributed by atoms with Crippen molar-refractivity contribution < 1.29 is 9.84 Å². The Morgan fingerprint density at radius 1 is 1.15 bits per heavy atom. The van der Waals surface area contributed by atoms with Gasteiger partial charge in [-0.15, -0.1) is 0 Å². The topological polar surface area (TPSA) is 81.3 Å². The Bertz CT molecular complexity index is 589. The second-order valence-electron chi connectivity index (χ2n) is 5.61. The third-order valence-electron chi connectivity index (χ3n) is 2.72. The fraction of sp³-hybridized carbons (Fsp3) is 0.333. The molecule has 0 unspecified atom stereocenters. The lowest BCUT2D eigenvalue weighted by atomic mass is 9.96. The van der Waals surface area contributed by atoms with E-state index in [2.05, 4.69) is 9.97 Å². The molecule has 0 fully saturated rings. The van der Waals surface area contributed by atoms with Gasteiger partial charge in [0.15, 0.2) is 0 Å². The van der Waals surface area contributed by atoms with E-state index in [9.17, 15) is 0 Å². The molecule has 106 valence electrons. The van der Waals surface area contributed by atoms with Crippen LogP contribution < -0.4 is 10.5 Å². The van der Waals surface area contributed by atoms with Crippen LogP contribution in [0, 0.1) is 0 Å². The number of aliphatic hydroxyl groups excluding tert-OH is 1. The van der Waals surface area contributed by atoms with E-state index >= 15 is 0 Å². The summed E-state index contributed by atoms with van der Waals surface area (Å²) in [5, 5.41) is 9.00. The van der Waals surface area contributed by atoms with Crippen molar-refractivity contribution in [3.05, 3.63) is 41.7 Å². The zero-order chi connectivity index (χ0) is 14.8. The van der Waals surface area contributed by atoms with Crippen LogP contribution in [0.5, 0.6) is 11.6 Å². The van der Waals surface area contributed by atoms with Crippen LogP contribution in [0.4, 0.5) is 5.82 Å². The average molecular weight is 273 g/mol. The van der Waals surface area contributed by atoms with Gasteiger partial charge in [0.2, 0.25) is 5.88 Å². The lowest BCUT2D eigenvalue weighted by molar-refractivity contribution is 0.281. The predicted molar refractivity (Wildman–Crippen MR) is 77.6 cm³/mol. The molecule has 5 nitrogen and oxygen atoms in total. The number of rotatable bonds is 3. The second-order valence-corrected chi connectivity index (χ2v) is 5.61. The minimum atomic E-state index is -0.200. The van der Waals surface area contributed by atoms with E-state index in [4.69, 9.17) is 15.6 Å². The molecule has 0 aliphatic heterocycles. The summed E-state index contributed by atoms with van der Waals surface area (Å²) >= 11 is 0. The molecule has 2 aromatic rings. The summed E-state index contributed by atoms with van der Waals surface area (Å²) < 4.78 is 5.68. The number of hydrogen-bond acceptors (Lipinski definition) is 5. The van der Waals surface area contributed by atoms with Crippen LogP contribution in [0.2, 0.25) is 0 Å². The van der Waals surface area contributed by atoms with Gasteiger partial charge in [-0.05, 0) is 17.7 Å². The Labute approximate surface area is 118 Å². The number of ether oxygens (including phenoxy) is 1. The summed E-state index contributed by atoms with van der Waals surface area (Å²) in [5.41, 5.74) is 6.42. The van der Waals surface area contributed by atoms with Crippen LogP contribution >= 0.6 is 0 Å². The molecule has 20 heavy (non-hydrogen) atoms. The Morgan fingerprint density at radius 3 is 2.35 bits per heavy atom. The largest absolute Gasteiger partial charge is 0.439 e. The van der Waals surface area contributed by atoms with Gasteiger partial charge in [-0.25, -0.2) is 4.98 Å². The molecule has 0 amide bonds. The molecule has 5 heteroatoms. The first-order chi connectivity index (χ1) is 9.38. The summed E-state index contributed by atoms with van der Waals surface area (Å²) in [6, 6.07) is 8.74. The summed E-state index contributed by atoms with van der Waals surface area (Å²) in [5.74, 6) is 2.07. The van der Waals surface area contributed by atoms with E-state index in [0.717, 1.165) is 5.56 Å². The molecule has 0 aliphatic rings. The fourth-order valence-electron chi connectivity index (χ4n) is 1.61. The van der Waals surface area contributed by atoms with Crippen molar-refractivity contribution >= 4 is 5.82 Å². The second kappa shape index (κ2) is 5.46. The van der Waals surface area contributed by atoms with E-state index in [1.54, 1.807) is 30.3 Å². The van der Waals surface area contributed by atoms with E-state index in [-0.39, 0.29) is 12.0 Å². The van der Waals surface area contributed by atoms with Crippen molar-refractivity contribution in [1.82, 2.24) is 9.97 Å². The minimum absolute atomic E-state index is 0.00884. The molecule has 0 radical (unpaired) electrons. The maximum Gasteiger partial charge on any atom is 0.224 e. The van der Waals surface area contributed by atoms with Crippen molar-refractivity contribution in [2.75, 3.05) is 5.73 Å². The molecule has 0 bridgehead atoms. The van der Waals surface area contributed by atoms with Gasteiger partial charge in [0, 0.05) is 11.5 Å². The Morgan fingerprint density at radius 2 is 1.80 bits per heavy atom. The van der Waals surface area contributed by atoms with Gasteiger partial charge in [-0.1, -0.05) is 32.9 Å². The van der Waals surface area contributed by atoms with Crippen molar-refractivity contribution in [2.45, 2.75) is 32.8 Å². The normalized spacial score (nSPS) is 11.4. The minimum Gasteiger partial charge on any atom is -0.439 e. The van der Waals surface area contributed by atoms with Crippen LogP contribution in [0.15, 0.2) is 30.3 Å². The first kappa shape index (κ1) is 14.3. The Balaban J connectivity index is 2.26. The molecule has 1 aromatic carbocycles. The van der Waals surface area contributed by atoms with Gasteiger partial charge >= 0.3 is 0 Å². The monoisotopic (exact) mass is 273 g/mol. The van der Waals surface area contributed by atoms with E-state index in [0.29, 0.717) is 23.3 Å². The first-order valence-electron chi connectivity index (χ1n) is 6.41. The summed E-state index contributed by atoms with van der Waals surface area (Å²) in [7, 11) is 0. The van der Waals surface area contributed by atoms with E-state index in [1.165, 1.54) is 0 Å². The number of benzene rings is 1. The summed E-state index contributed by atoms with van der Waals surface area (Å²) in [4.78, 5) is 8.61. The third kappa shape index (κ3) is 3.45. The quantitative estimate of drug-likeness (QED) is 0.898. The SMILES string of the molecule is CC(C)(C)c1nc(N)cc(Oc2ccc(CO)cc2)n1. The molecule has 0 saturated carbocycles. The molecule has 1 heterocycles. The molecular weight excluding hydrogens is 254 g/mol. The highest BCUT2D eigenvalue weighted by atomic mass is 16.5. The van der Waals surface area contributed by atoms with E-state index in [1.807, 2.05) is 20.8 Å². The molecule has 0 spiro atoms. The lowest BCUT2D eigenvalue weighted by Crippen LogP contribution is -2.17. The molecular formula is C15H19N3O2. The number of hydrogen-bond donors (Lipinski definition) is 2. The highest BCUT2D eigenvalue weighted by molar-refractivity contribution is 5.37. The first-order valence-corrected chi connectivity index (χ1v) is 6.41. The molecule has 2 rings (SSSR count). The smallest absolute Gasteiger partial charge is 0.224 e. The Hall–Kier alpha value is -2.14. The van der Waals surface area contributed by atoms with Gasteiger partial charge < -0.3 is 15.6 Å². The summed E-state index contributed by atoms with van der Waals surface area (Å²) in [6.07, 6.45) is 0. The predicted octanol–water partition coefficient (Wildman–Crippen LogP) is 2.64. The molecule has 0 saturated heterocycles. The maximum atomic E-state index is 9.00. The number of aromatic nitrogens is 2. The van der Waals surface area contributed by atoms with Crippen molar-refractivity contribution in [3.63, 3.8) is 0 Å². The molecule has 3 N–H and O–H groups in total. The van der Waals surface area contributed by atoms with Crippen molar-refractivity contribution in [3.8, 4) is 11.6 Å². The molecule has 0 aliphatic carbocycles. The standard InChI is InChI=1S/C15H19N3O2/c1-15(2,3)14-17-12(16)8-13(18-14)20-11-6-4-10(9-19)5-7-11/h4-8,19H,9H2,1-3H3,(H2,16,17,18). The summed E-state index contributed by atoms with van der Waals surface area (Å²) in [6.45, 7) is 6.06. The maximum absolute atomic E-state index is 9.00. The van der Waals surface area contributed by atoms with Gasteiger partial charge in [0.1, 0.15) is 17.4 Å². The van der Waals surface area contributed by atoms with Gasteiger partial charge in [0.05, 0.1) is 6.61 Å². The number of nitrogen functional groups attached to an aromatic ring is 1. The number of aliphatic hydroxyl groups is 1. The van der Waals surface area contributed by atoms with Gasteiger partial charge in [0.25, 0.3) is 0 Å². The van der Waals surface area contributed by atoms with Crippen LogP contribution in [0.25, 0.3) is 0 Å². The number of nitrogens with two attached hydrogens (primary N) is 1. The van der Waals surface area contributed by atoms with Crippen LogP contribution in [0.3, 0.4) is 0 Å². The Kier molecular flexibility index (Phi) is 3.90. The van der Waals surface area contributed by atoms with Crippen LogP contribution in [-0.4, -0.2) is 15.1 Å². The molecule has 1 aromatic heterocycles. The highest BCUT2D eigenvalue weighted by Gasteiger charge is 2.19. The van der Waals surface area contributed by atoms with Gasteiger partial charge in [-0.2, -0.15) is 4.98 Å². The average Bonchev–Trinajstić information content (AvgIpc) is 2.38. The number of anilines is 1. The van der Waals surface area contributed by atoms with Gasteiger partial charge in [-0.3, -0.25) is 0 Å².